The van der Waals surface area contributed by atoms with Crippen LogP contribution in [-0.4, -0.2) is 20.3 Å². The van der Waals surface area contributed by atoms with Crippen LogP contribution in [0, 0.1) is 31.9 Å². The second kappa shape index (κ2) is 6.64. The molecule has 1 aromatic heterocycles. The number of halogens is 2. The summed E-state index contributed by atoms with van der Waals surface area (Å²) in [6.07, 6.45) is 0. The third-order valence-electron chi connectivity index (χ3n) is 3.59. The van der Waals surface area contributed by atoms with Gasteiger partial charge in [0.2, 0.25) is 0 Å². The molecule has 0 saturated carbocycles. The minimum atomic E-state index is -0.996. The predicted octanol–water partition coefficient (Wildman–Crippen LogP) is 3.08. The monoisotopic (exact) mass is 394 g/mol. The zero-order valence-electron chi connectivity index (χ0n) is 13.4. The van der Waals surface area contributed by atoms with Gasteiger partial charge in [0.15, 0.2) is 10.6 Å². The molecule has 0 aliphatic carbocycles. The van der Waals surface area contributed by atoms with Gasteiger partial charge in [0, 0.05) is 25.2 Å². The lowest BCUT2D eigenvalue weighted by molar-refractivity contribution is -0.394. The number of amides is 1. The van der Waals surface area contributed by atoms with Crippen molar-refractivity contribution in [3.8, 4) is 0 Å². The highest BCUT2D eigenvalue weighted by atomic mass is 32.1. The Morgan fingerprint density at radius 1 is 1.07 bits per heavy atom. The van der Waals surface area contributed by atoms with Gasteiger partial charge in [-0.15, -0.1) is 0 Å². The van der Waals surface area contributed by atoms with Gasteiger partial charge < -0.3 is 4.57 Å². The molecule has 0 spiro atoms. The Labute approximate surface area is 152 Å². The number of nitro groups is 2. The van der Waals surface area contributed by atoms with E-state index in [-0.39, 0.29) is 20.6 Å². The number of aromatic nitrogens is 1. The maximum atomic E-state index is 13.9. The number of fused-ring (bicyclic) bond motifs is 1. The molecule has 0 bridgehead atoms. The van der Waals surface area contributed by atoms with Gasteiger partial charge in [0.25, 0.3) is 17.3 Å². The van der Waals surface area contributed by atoms with Crippen molar-refractivity contribution in [1.29, 1.82) is 0 Å². The van der Waals surface area contributed by atoms with Gasteiger partial charge in [-0.1, -0.05) is 11.3 Å². The summed E-state index contributed by atoms with van der Waals surface area (Å²) in [5, 5.41) is 21.8. The van der Waals surface area contributed by atoms with Crippen molar-refractivity contribution in [2.75, 3.05) is 0 Å². The Hall–Kier alpha value is -3.54. The Morgan fingerprint density at radius 2 is 1.67 bits per heavy atom. The van der Waals surface area contributed by atoms with E-state index in [0.29, 0.717) is 12.1 Å². The molecule has 0 aliphatic rings. The summed E-state index contributed by atoms with van der Waals surface area (Å²) in [7, 11) is 1.40. The average molecular weight is 394 g/mol. The van der Waals surface area contributed by atoms with Crippen LogP contribution in [0.5, 0.6) is 0 Å². The molecule has 0 atom stereocenters. The molecule has 0 saturated heterocycles. The van der Waals surface area contributed by atoms with E-state index in [0.717, 1.165) is 29.5 Å². The smallest absolute Gasteiger partial charge is 0.280 e. The van der Waals surface area contributed by atoms with Crippen LogP contribution in [0.4, 0.5) is 20.2 Å². The number of nitro benzene ring substituents is 2. The number of nitrogens with zero attached hydrogens (tertiary/aromatic N) is 4. The van der Waals surface area contributed by atoms with E-state index in [2.05, 4.69) is 4.99 Å². The lowest BCUT2D eigenvalue weighted by Gasteiger charge is -1.99. The Bertz CT molecular complexity index is 1170. The fraction of sp³-hybridized carbons (Fsp3) is 0.0667. The molecule has 9 nitrogen and oxygen atoms in total. The molecular weight excluding hydrogens is 386 g/mol. The third kappa shape index (κ3) is 3.42. The number of carbonyl (C=O) groups excluding carboxylic acids is 1. The molecular formula is C15H8F2N4O5S. The second-order valence-corrected chi connectivity index (χ2v) is 6.36. The molecule has 12 heteroatoms. The van der Waals surface area contributed by atoms with Crippen LogP contribution < -0.4 is 4.80 Å². The van der Waals surface area contributed by atoms with Gasteiger partial charge in [-0.2, -0.15) is 4.99 Å². The summed E-state index contributed by atoms with van der Waals surface area (Å²) < 4.78 is 28.7. The molecule has 0 fully saturated rings. The van der Waals surface area contributed by atoms with Crippen LogP contribution in [0.2, 0.25) is 0 Å². The lowest BCUT2D eigenvalue weighted by atomic mass is 10.1. The highest BCUT2D eigenvalue weighted by Crippen LogP contribution is 2.24. The van der Waals surface area contributed by atoms with Crippen molar-refractivity contribution < 1.29 is 23.4 Å². The fourth-order valence-corrected chi connectivity index (χ4v) is 3.44. The van der Waals surface area contributed by atoms with Crippen molar-refractivity contribution >= 4 is 38.8 Å². The Kier molecular flexibility index (Phi) is 4.49. The first-order valence-corrected chi connectivity index (χ1v) is 7.96. The van der Waals surface area contributed by atoms with Crippen LogP contribution in [0.15, 0.2) is 35.3 Å². The molecule has 0 N–H and O–H groups in total. The van der Waals surface area contributed by atoms with E-state index in [4.69, 9.17) is 0 Å². The van der Waals surface area contributed by atoms with E-state index in [1.165, 1.54) is 11.6 Å². The van der Waals surface area contributed by atoms with Gasteiger partial charge in [-0.05, 0) is 6.07 Å². The van der Waals surface area contributed by atoms with Crippen molar-refractivity contribution in [3.05, 3.63) is 72.6 Å². The minimum absolute atomic E-state index is 0.00587. The first-order chi connectivity index (χ1) is 12.7. The molecule has 138 valence electrons. The lowest BCUT2D eigenvalue weighted by Crippen LogP contribution is -2.14. The first kappa shape index (κ1) is 18.3. The van der Waals surface area contributed by atoms with Crippen molar-refractivity contribution in [2.45, 2.75) is 0 Å². The van der Waals surface area contributed by atoms with Gasteiger partial charge >= 0.3 is 0 Å². The highest BCUT2D eigenvalue weighted by molar-refractivity contribution is 7.16. The summed E-state index contributed by atoms with van der Waals surface area (Å²) in [6.45, 7) is 0. The van der Waals surface area contributed by atoms with Crippen molar-refractivity contribution in [2.24, 2.45) is 12.0 Å². The summed E-state index contributed by atoms with van der Waals surface area (Å²) in [6, 6.07) is 4.18. The third-order valence-corrected chi connectivity index (χ3v) is 4.66. The van der Waals surface area contributed by atoms with Crippen molar-refractivity contribution in [1.82, 2.24) is 4.57 Å². The zero-order chi connectivity index (χ0) is 19.9. The molecule has 2 aromatic carbocycles. The van der Waals surface area contributed by atoms with E-state index < -0.39 is 38.8 Å². The highest BCUT2D eigenvalue weighted by Gasteiger charge is 2.20. The topological polar surface area (TPSA) is 121 Å². The fourth-order valence-electron chi connectivity index (χ4n) is 2.39. The molecule has 1 heterocycles. The largest absolute Gasteiger partial charge is 0.317 e. The number of rotatable bonds is 3. The molecule has 0 unspecified atom stereocenters. The summed E-state index contributed by atoms with van der Waals surface area (Å²) in [4.78, 5) is 36.2. The Balaban J connectivity index is 2.16. The number of aryl methyl sites for hydroxylation is 1. The molecule has 0 radical (unpaired) electrons. The van der Waals surface area contributed by atoms with Crippen LogP contribution in [0.3, 0.4) is 0 Å². The zero-order valence-corrected chi connectivity index (χ0v) is 14.2. The number of hydrogen-bond acceptors (Lipinski definition) is 6. The van der Waals surface area contributed by atoms with Gasteiger partial charge in [0.1, 0.15) is 5.82 Å². The van der Waals surface area contributed by atoms with E-state index >= 15 is 0 Å². The van der Waals surface area contributed by atoms with Gasteiger partial charge in [-0.25, -0.2) is 8.78 Å². The number of non-ortho nitro benzene ring substituents is 2. The normalized spacial score (nSPS) is 11.7. The Morgan fingerprint density at radius 3 is 2.22 bits per heavy atom. The quantitative estimate of drug-likeness (QED) is 0.499. The molecule has 3 rings (SSSR count). The predicted molar refractivity (Wildman–Crippen MR) is 90.4 cm³/mol. The van der Waals surface area contributed by atoms with Crippen molar-refractivity contribution in [3.63, 3.8) is 0 Å². The summed E-state index contributed by atoms with van der Waals surface area (Å²) in [5.41, 5.74) is -1.63. The number of benzene rings is 2. The maximum Gasteiger partial charge on any atom is 0.280 e. The summed E-state index contributed by atoms with van der Waals surface area (Å²) >= 11 is 0.824. The average Bonchev–Trinajstić information content (AvgIpc) is 2.89. The standard InChI is InChI=1S/C15H8F2N4O5S/c1-19-13-11(17)4-8(16)5-12(13)27-15(19)18-14(22)7-2-9(20(23)24)6-10(3-7)21(25)26/h2-6H,1H3. The van der Waals surface area contributed by atoms with Crippen LogP contribution in [0.25, 0.3) is 10.2 Å². The molecule has 27 heavy (non-hydrogen) atoms. The minimum Gasteiger partial charge on any atom is -0.317 e. The van der Waals surface area contributed by atoms with Crippen LogP contribution in [-0.2, 0) is 7.05 Å². The van der Waals surface area contributed by atoms with E-state index in [9.17, 15) is 33.8 Å². The first-order valence-electron chi connectivity index (χ1n) is 7.15. The molecule has 1 amide bonds. The molecule has 0 aliphatic heterocycles. The SMILES string of the molecule is Cn1c(=NC(=O)c2cc([N+](=O)[O-])cc([N+](=O)[O-])c2)sc2cc(F)cc(F)c21. The maximum absolute atomic E-state index is 13.9. The number of hydrogen-bond donors (Lipinski definition) is 0. The molecule has 3 aromatic rings. The number of carbonyl (C=O) groups is 1. The summed E-state index contributed by atoms with van der Waals surface area (Å²) in [5.74, 6) is -2.64. The van der Waals surface area contributed by atoms with E-state index in [1.54, 1.807) is 0 Å². The van der Waals surface area contributed by atoms with Crippen LogP contribution >= 0.6 is 11.3 Å². The van der Waals surface area contributed by atoms with E-state index in [1.807, 2.05) is 0 Å². The van der Waals surface area contributed by atoms with Gasteiger partial charge in [-0.3, -0.25) is 25.0 Å². The van der Waals surface area contributed by atoms with Gasteiger partial charge in [0.05, 0.1) is 31.7 Å². The second-order valence-electron chi connectivity index (χ2n) is 5.35. The van der Waals surface area contributed by atoms with Crippen LogP contribution in [0.1, 0.15) is 10.4 Å². The number of thiazole rings is 1.